The van der Waals surface area contributed by atoms with Gasteiger partial charge in [0.2, 0.25) is 0 Å². The number of benzene rings is 1. The monoisotopic (exact) mass is 407 g/mol. The molecule has 0 fully saturated rings. The summed E-state index contributed by atoms with van der Waals surface area (Å²) in [5.41, 5.74) is -0.201. The molecule has 0 aromatic heterocycles. The number of carbonyl (C=O) groups is 3. The number of Topliss-reactive ketones (excluding diaryl/α,β-unsaturated/α-hetero) is 1. The smallest absolute Gasteiger partial charge is 0.342 e. The molecule has 0 spiro atoms. The van der Waals surface area contributed by atoms with Crippen molar-refractivity contribution in [2.24, 2.45) is 0 Å². The number of esters is 2. The molecule has 1 aromatic rings. The fraction of sp³-hybridized carbons (Fsp3) is 0.312. The number of hydrogen-bond acceptors (Lipinski definition) is 6. The molecule has 0 unspecified atom stereocenters. The Morgan fingerprint density at radius 3 is 2.24 bits per heavy atom. The number of anilines is 1. The van der Waals surface area contributed by atoms with Crippen LogP contribution in [0, 0.1) is 0 Å². The molecule has 1 N–H and O–H groups in total. The summed E-state index contributed by atoms with van der Waals surface area (Å²) in [6.45, 7) is 4.54. The summed E-state index contributed by atoms with van der Waals surface area (Å²) in [5, 5.41) is 2.57. The van der Waals surface area contributed by atoms with Gasteiger partial charge in [0, 0.05) is 6.20 Å². The third kappa shape index (κ3) is 5.36. The highest BCUT2D eigenvalue weighted by Gasteiger charge is 2.23. The molecular formula is C16H16Cl3NO5. The van der Waals surface area contributed by atoms with E-state index in [4.69, 9.17) is 39.5 Å². The molecule has 6 nitrogen and oxygen atoms in total. The number of rotatable bonds is 6. The van der Waals surface area contributed by atoms with Crippen molar-refractivity contribution in [1.82, 2.24) is 0 Å². The molecule has 0 saturated carbocycles. The summed E-state index contributed by atoms with van der Waals surface area (Å²) in [6.07, 6.45) is 0.718. The van der Waals surface area contributed by atoms with Crippen molar-refractivity contribution in [2.75, 3.05) is 12.4 Å². The van der Waals surface area contributed by atoms with Gasteiger partial charge in [-0.1, -0.05) is 34.8 Å². The Labute approximate surface area is 160 Å². The van der Waals surface area contributed by atoms with Gasteiger partial charge in [-0.3, -0.25) is 4.79 Å². The average molecular weight is 409 g/mol. The van der Waals surface area contributed by atoms with Crippen molar-refractivity contribution in [2.45, 2.75) is 26.9 Å². The number of ketones is 1. The molecular weight excluding hydrogens is 393 g/mol. The van der Waals surface area contributed by atoms with Crippen LogP contribution in [-0.4, -0.2) is 30.9 Å². The zero-order valence-corrected chi connectivity index (χ0v) is 16.2. The molecule has 0 aliphatic heterocycles. The lowest BCUT2D eigenvalue weighted by molar-refractivity contribution is -0.137. The first-order valence-electron chi connectivity index (χ1n) is 7.04. The Balaban J connectivity index is 3.34. The van der Waals surface area contributed by atoms with E-state index >= 15 is 0 Å². The molecule has 1 aromatic carbocycles. The molecule has 0 aliphatic carbocycles. The predicted octanol–water partition coefficient (Wildman–Crippen LogP) is 4.27. The Kier molecular flexibility index (Phi) is 7.73. The van der Waals surface area contributed by atoms with Crippen LogP contribution in [0.3, 0.4) is 0 Å². The first-order chi connectivity index (χ1) is 11.6. The quantitative estimate of drug-likeness (QED) is 0.249. The number of methoxy groups -OCH3 is 1. The highest BCUT2D eigenvalue weighted by Crippen LogP contribution is 2.38. The topological polar surface area (TPSA) is 81.7 Å². The van der Waals surface area contributed by atoms with Crippen LogP contribution in [0.2, 0.25) is 15.1 Å². The van der Waals surface area contributed by atoms with Crippen LogP contribution in [0.15, 0.2) is 17.8 Å². The number of hydrogen-bond donors (Lipinski definition) is 1. The number of halogens is 3. The largest absolute Gasteiger partial charge is 0.465 e. The molecule has 136 valence electrons. The maximum absolute atomic E-state index is 12.2. The van der Waals surface area contributed by atoms with Crippen LogP contribution in [0.5, 0.6) is 0 Å². The summed E-state index contributed by atoms with van der Waals surface area (Å²) in [5.74, 6) is -2.09. The summed E-state index contributed by atoms with van der Waals surface area (Å²) in [4.78, 5) is 35.3. The minimum atomic E-state index is -0.823. The van der Waals surface area contributed by atoms with Gasteiger partial charge in [0.15, 0.2) is 5.78 Å². The van der Waals surface area contributed by atoms with E-state index in [1.54, 1.807) is 13.8 Å². The molecule has 25 heavy (non-hydrogen) atoms. The van der Waals surface area contributed by atoms with Gasteiger partial charge in [-0.2, -0.15) is 0 Å². The lowest BCUT2D eigenvalue weighted by Gasteiger charge is -2.14. The Bertz CT molecular complexity index is 744. The average Bonchev–Trinajstić information content (AvgIpc) is 2.51. The maximum Gasteiger partial charge on any atom is 0.342 e. The van der Waals surface area contributed by atoms with Crippen molar-refractivity contribution in [3.63, 3.8) is 0 Å². The lowest BCUT2D eigenvalue weighted by atomic mass is 10.1. The second kappa shape index (κ2) is 9.08. The minimum Gasteiger partial charge on any atom is -0.465 e. The van der Waals surface area contributed by atoms with Crippen molar-refractivity contribution in [3.8, 4) is 0 Å². The second-order valence-corrected chi connectivity index (χ2v) is 6.28. The van der Waals surface area contributed by atoms with E-state index in [1.165, 1.54) is 13.0 Å². The summed E-state index contributed by atoms with van der Waals surface area (Å²) in [7, 11) is 1.14. The van der Waals surface area contributed by atoms with Gasteiger partial charge in [-0.05, 0) is 26.8 Å². The van der Waals surface area contributed by atoms with E-state index in [1.807, 2.05) is 0 Å². The number of nitrogens with one attached hydrogen (secondary N) is 1. The van der Waals surface area contributed by atoms with Gasteiger partial charge in [-0.15, -0.1) is 0 Å². The first kappa shape index (κ1) is 21.3. The minimum absolute atomic E-state index is 0.0418. The SMILES string of the molecule is COC(=O)C(=CNc1cc(Cl)c(Cl)c(C(=O)OC(C)C)c1Cl)C(C)=O. The highest BCUT2D eigenvalue weighted by molar-refractivity contribution is 6.47. The molecule has 9 heteroatoms. The van der Waals surface area contributed by atoms with Gasteiger partial charge in [0.1, 0.15) is 11.1 Å². The lowest BCUT2D eigenvalue weighted by Crippen LogP contribution is -2.15. The van der Waals surface area contributed by atoms with Crippen LogP contribution in [0.4, 0.5) is 5.69 Å². The fourth-order valence-electron chi connectivity index (χ4n) is 1.73. The van der Waals surface area contributed by atoms with Crippen molar-refractivity contribution >= 4 is 58.2 Å². The normalized spacial score (nSPS) is 11.3. The van der Waals surface area contributed by atoms with Crippen LogP contribution in [0.25, 0.3) is 0 Å². The van der Waals surface area contributed by atoms with Crippen molar-refractivity contribution in [1.29, 1.82) is 0 Å². The molecule has 1 rings (SSSR count). The van der Waals surface area contributed by atoms with Gasteiger partial charge >= 0.3 is 11.9 Å². The maximum atomic E-state index is 12.2. The standard InChI is InChI=1S/C16H16Cl3NO5/c1-7(2)25-16(23)12-13(18)10(17)5-11(14(12)19)20-6-9(8(3)21)15(22)24-4/h5-7,20H,1-4H3. The van der Waals surface area contributed by atoms with Crippen LogP contribution >= 0.6 is 34.8 Å². The van der Waals surface area contributed by atoms with Crippen LogP contribution in [-0.2, 0) is 19.1 Å². The van der Waals surface area contributed by atoms with Crippen LogP contribution < -0.4 is 5.32 Å². The third-order valence-corrected chi connectivity index (χ3v) is 4.04. The van der Waals surface area contributed by atoms with E-state index < -0.39 is 23.8 Å². The van der Waals surface area contributed by atoms with E-state index in [-0.39, 0.29) is 31.9 Å². The first-order valence-corrected chi connectivity index (χ1v) is 8.17. The van der Waals surface area contributed by atoms with E-state index in [0.29, 0.717) is 0 Å². The second-order valence-electron chi connectivity index (χ2n) is 5.11. The molecule has 0 atom stereocenters. The molecule has 0 bridgehead atoms. The zero-order valence-electron chi connectivity index (χ0n) is 13.9. The summed E-state index contributed by atoms with van der Waals surface area (Å²) >= 11 is 18.3. The molecule has 0 amide bonds. The van der Waals surface area contributed by atoms with Gasteiger partial charge in [0.05, 0.1) is 34.0 Å². The van der Waals surface area contributed by atoms with Crippen LogP contribution in [0.1, 0.15) is 31.1 Å². The van der Waals surface area contributed by atoms with Crippen molar-refractivity contribution < 1.29 is 23.9 Å². The Morgan fingerprint density at radius 1 is 1.16 bits per heavy atom. The van der Waals surface area contributed by atoms with E-state index in [9.17, 15) is 14.4 Å². The van der Waals surface area contributed by atoms with Gasteiger partial charge in [0.25, 0.3) is 0 Å². The Morgan fingerprint density at radius 2 is 1.76 bits per heavy atom. The fourth-order valence-corrected chi connectivity index (χ4v) is 2.48. The van der Waals surface area contributed by atoms with E-state index in [0.717, 1.165) is 13.3 Å². The van der Waals surface area contributed by atoms with Gasteiger partial charge < -0.3 is 14.8 Å². The molecule has 0 aliphatic rings. The molecule has 0 radical (unpaired) electrons. The third-order valence-electron chi connectivity index (χ3n) is 2.86. The number of carbonyl (C=O) groups excluding carboxylic acids is 3. The highest BCUT2D eigenvalue weighted by atomic mass is 35.5. The zero-order chi connectivity index (χ0) is 19.3. The molecule has 0 saturated heterocycles. The van der Waals surface area contributed by atoms with Gasteiger partial charge in [-0.25, -0.2) is 9.59 Å². The van der Waals surface area contributed by atoms with E-state index in [2.05, 4.69) is 10.1 Å². The summed E-state index contributed by atoms with van der Waals surface area (Å²) in [6, 6.07) is 1.35. The predicted molar refractivity (Wildman–Crippen MR) is 96.4 cm³/mol. The Hall–Kier alpha value is -1.76. The summed E-state index contributed by atoms with van der Waals surface area (Å²) < 4.78 is 9.61. The molecule has 0 heterocycles. The van der Waals surface area contributed by atoms with Crippen molar-refractivity contribution in [3.05, 3.63) is 38.5 Å². The number of ether oxygens (including phenoxy) is 2.